The Bertz CT molecular complexity index is 1410. The molecular formula is C30H36FN7O3. The highest BCUT2D eigenvalue weighted by atomic mass is 19.1. The van der Waals surface area contributed by atoms with Crippen molar-refractivity contribution >= 4 is 34.6 Å². The van der Waals surface area contributed by atoms with Gasteiger partial charge in [-0.25, -0.2) is 19.4 Å². The van der Waals surface area contributed by atoms with Gasteiger partial charge in [0.15, 0.2) is 5.82 Å². The summed E-state index contributed by atoms with van der Waals surface area (Å²) in [7, 11) is 1.60. The number of benzene rings is 2. The molecule has 11 heteroatoms. The summed E-state index contributed by atoms with van der Waals surface area (Å²) in [4.78, 5) is 31.7. The molecule has 2 fully saturated rings. The van der Waals surface area contributed by atoms with Crippen LogP contribution in [0.4, 0.5) is 33.1 Å². The van der Waals surface area contributed by atoms with Gasteiger partial charge in [0.1, 0.15) is 23.7 Å². The van der Waals surface area contributed by atoms with Crippen molar-refractivity contribution in [1.82, 2.24) is 14.9 Å². The number of ether oxygens (including phenoxy) is 1. The minimum absolute atomic E-state index is 0.240. The number of anilines is 5. The number of rotatable bonds is 9. The number of carbonyl (C=O) groups excluding carboxylic acids is 1. The van der Waals surface area contributed by atoms with E-state index in [1.54, 1.807) is 37.3 Å². The number of carbonyl (C=O) groups is 1. The number of piperazine rings is 1. The Morgan fingerprint density at radius 3 is 2.73 bits per heavy atom. The Hall–Kier alpha value is -4.22. The molecule has 3 heterocycles. The van der Waals surface area contributed by atoms with Crippen molar-refractivity contribution in [3.05, 3.63) is 72.3 Å². The lowest BCUT2D eigenvalue weighted by molar-refractivity contribution is -0.111. The zero-order valence-corrected chi connectivity index (χ0v) is 23.7. The number of hydrogen-bond acceptors (Lipinski definition) is 9. The van der Waals surface area contributed by atoms with Gasteiger partial charge in [0, 0.05) is 50.3 Å². The number of nitrogens with one attached hydrogen (secondary N) is 2. The van der Waals surface area contributed by atoms with Crippen molar-refractivity contribution < 1.29 is 18.8 Å². The van der Waals surface area contributed by atoms with Crippen LogP contribution >= 0.6 is 0 Å². The van der Waals surface area contributed by atoms with Crippen molar-refractivity contribution in [2.75, 3.05) is 67.0 Å². The third-order valence-corrected chi connectivity index (χ3v) is 7.55. The summed E-state index contributed by atoms with van der Waals surface area (Å²) in [6.45, 7) is 12.5. The SMILES string of the molecule is C=CC(=O)Nc1cc(Nc2cc(N3OCC[C@@H]3c3cccc(C)c3F)ncn2)c(OC)cc1N1CCN(CC)CC1. The van der Waals surface area contributed by atoms with Crippen LogP contribution in [0.3, 0.4) is 0 Å². The van der Waals surface area contributed by atoms with E-state index in [1.165, 1.54) is 12.4 Å². The Morgan fingerprint density at radius 2 is 2.00 bits per heavy atom. The molecule has 2 N–H and O–H groups in total. The molecule has 2 saturated heterocycles. The molecule has 0 bridgehead atoms. The number of hydroxylamine groups is 1. The average molecular weight is 562 g/mol. The van der Waals surface area contributed by atoms with Crippen LogP contribution in [-0.4, -0.2) is 67.2 Å². The number of hydrogen-bond donors (Lipinski definition) is 2. The molecule has 216 valence electrons. The van der Waals surface area contributed by atoms with Gasteiger partial charge in [-0.3, -0.25) is 9.63 Å². The van der Waals surface area contributed by atoms with Gasteiger partial charge in [-0.15, -0.1) is 0 Å². The average Bonchev–Trinajstić information content (AvgIpc) is 3.49. The van der Waals surface area contributed by atoms with E-state index >= 15 is 0 Å². The highest BCUT2D eigenvalue weighted by Crippen LogP contribution is 2.40. The fourth-order valence-corrected chi connectivity index (χ4v) is 5.27. The molecule has 1 atom stereocenters. The molecule has 5 rings (SSSR count). The van der Waals surface area contributed by atoms with Crippen molar-refractivity contribution in [2.45, 2.75) is 26.3 Å². The topological polar surface area (TPSA) is 95.1 Å². The van der Waals surface area contributed by atoms with Gasteiger partial charge in [0.2, 0.25) is 5.91 Å². The minimum atomic E-state index is -0.319. The minimum Gasteiger partial charge on any atom is -0.494 e. The second-order valence-corrected chi connectivity index (χ2v) is 10.0. The molecule has 1 amide bonds. The quantitative estimate of drug-likeness (QED) is 0.357. The number of halogens is 1. The highest BCUT2D eigenvalue weighted by molar-refractivity contribution is 6.02. The van der Waals surface area contributed by atoms with Gasteiger partial charge in [0.05, 0.1) is 36.8 Å². The Morgan fingerprint density at radius 1 is 1.20 bits per heavy atom. The maximum Gasteiger partial charge on any atom is 0.247 e. The van der Waals surface area contributed by atoms with E-state index in [1.807, 2.05) is 18.2 Å². The van der Waals surface area contributed by atoms with Gasteiger partial charge in [0.25, 0.3) is 0 Å². The van der Waals surface area contributed by atoms with Gasteiger partial charge < -0.3 is 25.2 Å². The Labute approximate surface area is 239 Å². The van der Waals surface area contributed by atoms with Crippen LogP contribution in [0, 0.1) is 12.7 Å². The first-order chi connectivity index (χ1) is 19.9. The highest BCUT2D eigenvalue weighted by Gasteiger charge is 2.31. The standard InChI is InChI=1S/C30H36FN7O3/c1-5-29(39)35-22-16-23(26(40-4)17-25(22)37-13-11-36(6-2)12-14-37)34-27-18-28(33-19-32-27)38-24(10-15-41-38)21-9-7-8-20(3)30(21)31/h5,7-9,16-19,24H,1,6,10-15H2,2-4H3,(H,35,39)(H,32,33,34)/t24-/m1/s1. The molecule has 3 aromatic rings. The van der Waals surface area contributed by atoms with E-state index < -0.39 is 0 Å². The van der Waals surface area contributed by atoms with Crippen LogP contribution in [0.1, 0.15) is 30.5 Å². The molecular weight excluding hydrogens is 525 g/mol. The molecule has 2 aliphatic rings. The predicted octanol–water partition coefficient (Wildman–Crippen LogP) is 4.83. The van der Waals surface area contributed by atoms with Gasteiger partial charge in [-0.05, 0) is 31.2 Å². The molecule has 2 aromatic carbocycles. The van der Waals surface area contributed by atoms with E-state index in [0.717, 1.165) is 38.4 Å². The fourth-order valence-electron chi connectivity index (χ4n) is 5.27. The van der Waals surface area contributed by atoms with Crippen molar-refractivity contribution in [2.24, 2.45) is 0 Å². The van der Waals surface area contributed by atoms with Crippen LogP contribution in [0.5, 0.6) is 5.75 Å². The monoisotopic (exact) mass is 561 g/mol. The molecule has 41 heavy (non-hydrogen) atoms. The van der Waals surface area contributed by atoms with Crippen molar-refractivity contribution in [1.29, 1.82) is 0 Å². The summed E-state index contributed by atoms with van der Waals surface area (Å²) in [6, 6.07) is 10.6. The van der Waals surface area contributed by atoms with Gasteiger partial charge in [-0.1, -0.05) is 31.7 Å². The molecule has 0 saturated carbocycles. The van der Waals surface area contributed by atoms with E-state index in [4.69, 9.17) is 9.57 Å². The zero-order valence-electron chi connectivity index (χ0n) is 23.7. The summed E-state index contributed by atoms with van der Waals surface area (Å²) in [5.41, 5.74) is 3.26. The predicted molar refractivity (Wildman–Crippen MR) is 158 cm³/mol. The van der Waals surface area contributed by atoms with Crippen molar-refractivity contribution in [3.8, 4) is 5.75 Å². The molecule has 1 aromatic heterocycles. The zero-order chi connectivity index (χ0) is 28.9. The maximum absolute atomic E-state index is 15.0. The molecule has 2 aliphatic heterocycles. The second kappa shape index (κ2) is 12.5. The van der Waals surface area contributed by atoms with Gasteiger partial charge >= 0.3 is 0 Å². The largest absolute Gasteiger partial charge is 0.494 e. The smallest absolute Gasteiger partial charge is 0.247 e. The summed E-state index contributed by atoms with van der Waals surface area (Å²) in [6.07, 6.45) is 3.30. The first kappa shape index (κ1) is 28.3. The summed E-state index contributed by atoms with van der Waals surface area (Å²) < 4.78 is 20.7. The van der Waals surface area contributed by atoms with E-state index in [9.17, 15) is 9.18 Å². The Balaban J connectivity index is 1.44. The third kappa shape index (κ3) is 6.10. The first-order valence-electron chi connectivity index (χ1n) is 13.8. The summed E-state index contributed by atoms with van der Waals surface area (Å²) >= 11 is 0. The van der Waals surface area contributed by atoms with E-state index in [0.29, 0.717) is 52.9 Å². The third-order valence-electron chi connectivity index (χ3n) is 7.55. The molecule has 10 nitrogen and oxygen atoms in total. The molecule has 0 aliphatic carbocycles. The summed E-state index contributed by atoms with van der Waals surface area (Å²) in [5, 5.41) is 7.89. The van der Waals surface area contributed by atoms with Crippen molar-refractivity contribution in [3.63, 3.8) is 0 Å². The second-order valence-electron chi connectivity index (χ2n) is 10.0. The van der Waals surface area contributed by atoms with E-state index in [2.05, 4.69) is 43.9 Å². The van der Waals surface area contributed by atoms with Crippen LogP contribution < -0.4 is 25.3 Å². The van der Waals surface area contributed by atoms with Gasteiger partial charge in [-0.2, -0.15) is 0 Å². The lowest BCUT2D eigenvalue weighted by Gasteiger charge is -2.36. The summed E-state index contributed by atoms with van der Waals surface area (Å²) in [5.74, 6) is 1.02. The number of methoxy groups -OCH3 is 1. The fraction of sp³-hybridized carbons (Fsp3) is 0.367. The van der Waals surface area contributed by atoms with Crippen LogP contribution in [0.25, 0.3) is 0 Å². The molecule has 0 spiro atoms. The lowest BCUT2D eigenvalue weighted by Crippen LogP contribution is -2.46. The van der Waals surface area contributed by atoms with E-state index in [-0.39, 0.29) is 17.8 Å². The number of aryl methyl sites for hydroxylation is 1. The lowest BCUT2D eigenvalue weighted by atomic mass is 10.0. The normalized spacial score (nSPS) is 17.4. The molecule has 0 unspecified atom stereocenters. The van der Waals surface area contributed by atoms with Crippen LogP contribution in [0.2, 0.25) is 0 Å². The maximum atomic E-state index is 15.0. The van der Waals surface area contributed by atoms with Crippen LogP contribution in [-0.2, 0) is 9.63 Å². The Kier molecular flexibility index (Phi) is 8.65. The number of nitrogens with zero attached hydrogens (tertiary/aromatic N) is 5. The first-order valence-corrected chi connectivity index (χ1v) is 13.8. The molecule has 0 radical (unpaired) electrons. The number of amides is 1. The number of aromatic nitrogens is 2. The van der Waals surface area contributed by atoms with Crippen LogP contribution in [0.15, 0.2) is 55.4 Å². The number of likely N-dealkylation sites (N-methyl/N-ethyl adjacent to an activating group) is 1.